The number of ether oxygens (including phenoxy) is 4. The molecule has 1 saturated heterocycles. The summed E-state index contributed by atoms with van der Waals surface area (Å²) < 4.78 is 21.0. The molecular formula is C17H28O8. The predicted molar refractivity (Wildman–Crippen MR) is 86.3 cm³/mol. The minimum atomic E-state index is -1.46. The summed E-state index contributed by atoms with van der Waals surface area (Å²) in [4.78, 5) is 35.5. The number of esters is 3. The summed E-state index contributed by atoms with van der Waals surface area (Å²) in [5, 5.41) is 10.0. The van der Waals surface area contributed by atoms with E-state index in [1.54, 1.807) is 0 Å². The molecule has 0 aromatic carbocycles. The fourth-order valence-corrected chi connectivity index (χ4v) is 2.39. The van der Waals surface area contributed by atoms with E-state index >= 15 is 0 Å². The zero-order valence-corrected chi connectivity index (χ0v) is 15.1. The monoisotopic (exact) mass is 360 g/mol. The van der Waals surface area contributed by atoms with Crippen LogP contribution in [0, 0.1) is 0 Å². The second-order valence-corrected chi connectivity index (χ2v) is 5.91. The average molecular weight is 360 g/mol. The van der Waals surface area contributed by atoms with E-state index in [0.29, 0.717) is 19.3 Å². The molecule has 144 valence electrons. The van der Waals surface area contributed by atoms with Gasteiger partial charge in [-0.1, -0.05) is 20.8 Å². The highest BCUT2D eigenvalue weighted by Gasteiger charge is 2.46. The highest BCUT2D eigenvalue weighted by Crippen LogP contribution is 2.24. The Morgan fingerprint density at radius 1 is 0.840 bits per heavy atom. The van der Waals surface area contributed by atoms with Crippen molar-refractivity contribution in [3.05, 3.63) is 0 Å². The first kappa shape index (κ1) is 21.4. The number of rotatable bonds is 9. The van der Waals surface area contributed by atoms with Crippen LogP contribution in [0.25, 0.3) is 0 Å². The molecule has 1 aliphatic heterocycles. The quantitative estimate of drug-likeness (QED) is 0.486. The number of carbonyl (C=O) groups excluding carboxylic acids is 3. The largest absolute Gasteiger partial charge is 0.456 e. The van der Waals surface area contributed by atoms with Crippen molar-refractivity contribution < 1.29 is 38.4 Å². The van der Waals surface area contributed by atoms with Crippen molar-refractivity contribution in [1.82, 2.24) is 0 Å². The van der Waals surface area contributed by atoms with Gasteiger partial charge in [0.1, 0.15) is 0 Å². The molecule has 0 saturated carbocycles. The van der Waals surface area contributed by atoms with E-state index in [2.05, 4.69) is 0 Å². The maximum absolute atomic E-state index is 11.9. The normalized spacial score (nSPS) is 25.9. The molecule has 8 heteroatoms. The first-order valence-corrected chi connectivity index (χ1v) is 8.80. The van der Waals surface area contributed by atoms with Gasteiger partial charge in [0.05, 0.1) is 6.61 Å². The van der Waals surface area contributed by atoms with Gasteiger partial charge in [0.15, 0.2) is 24.6 Å². The fraction of sp³-hybridized carbons (Fsp3) is 0.824. The van der Waals surface area contributed by atoms with Crippen molar-refractivity contribution in [2.24, 2.45) is 0 Å². The molecule has 1 fully saturated rings. The lowest BCUT2D eigenvalue weighted by Gasteiger charge is -2.38. The molecular weight excluding hydrogens is 332 g/mol. The molecule has 1 N–H and O–H groups in total. The molecule has 8 nitrogen and oxygen atoms in total. The minimum absolute atomic E-state index is 0.150. The Balaban J connectivity index is 2.91. The van der Waals surface area contributed by atoms with Crippen LogP contribution in [0.2, 0.25) is 0 Å². The summed E-state index contributed by atoms with van der Waals surface area (Å²) in [5.74, 6) is -1.54. The van der Waals surface area contributed by atoms with Gasteiger partial charge >= 0.3 is 17.9 Å². The molecule has 4 atom stereocenters. The predicted octanol–water partition coefficient (Wildman–Crippen LogP) is 1.47. The van der Waals surface area contributed by atoms with Crippen molar-refractivity contribution in [1.29, 1.82) is 0 Å². The van der Waals surface area contributed by atoms with E-state index < -0.39 is 42.5 Å². The van der Waals surface area contributed by atoms with Crippen LogP contribution >= 0.6 is 0 Å². The number of hydrogen-bond donors (Lipinski definition) is 1. The second-order valence-electron chi connectivity index (χ2n) is 5.91. The van der Waals surface area contributed by atoms with Crippen LogP contribution in [0.15, 0.2) is 0 Å². The summed E-state index contributed by atoms with van der Waals surface area (Å²) in [6.45, 7) is 5.31. The second kappa shape index (κ2) is 11.0. The molecule has 0 radical (unpaired) electrons. The molecule has 1 aliphatic rings. The molecule has 0 aromatic rings. The first-order valence-electron chi connectivity index (χ1n) is 8.80. The Bertz CT molecular complexity index is 450. The molecule has 0 spiro atoms. The van der Waals surface area contributed by atoms with E-state index in [1.165, 1.54) is 0 Å². The molecule has 0 aliphatic carbocycles. The van der Waals surface area contributed by atoms with Crippen LogP contribution in [0.1, 0.15) is 59.3 Å². The SMILES string of the molecule is CCCC(=O)O[C@@H]1[C@@H](OC(=O)CCC)[C@@H](OC(=O)CCC)CO[C@H]1O. The first-order chi connectivity index (χ1) is 11.9. The van der Waals surface area contributed by atoms with Gasteiger partial charge in [-0.05, 0) is 19.3 Å². The molecule has 25 heavy (non-hydrogen) atoms. The number of hydrogen-bond acceptors (Lipinski definition) is 8. The lowest BCUT2D eigenvalue weighted by Crippen LogP contribution is -2.57. The summed E-state index contributed by atoms with van der Waals surface area (Å²) in [7, 11) is 0. The van der Waals surface area contributed by atoms with Crippen LogP contribution in [-0.4, -0.2) is 54.2 Å². The Labute approximate surface area is 147 Å². The fourth-order valence-electron chi connectivity index (χ4n) is 2.39. The minimum Gasteiger partial charge on any atom is -0.456 e. The highest BCUT2D eigenvalue weighted by atomic mass is 16.7. The topological polar surface area (TPSA) is 108 Å². The zero-order chi connectivity index (χ0) is 18.8. The molecule has 1 heterocycles. The van der Waals surface area contributed by atoms with Gasteiger partial charge in [-0.25, -0.2) is 0 Å². The highest BCUT2D eigenvalue weighted by molar-refractivity contribution is 5.71. The summed E-state index contributed by atoms with van der Waals surface area (Å²) in [5.41, 5.74) is 0. The lowest BCUT2D eigenvalue weighted by atomic mass is 10.0. The number of aliphatic hydroxyl groups excluding tert-OH is 1. The van der Waals surface area contributed by atoms with Gasteiger partial charge in [0.25, 0.3) is 0 Å². The Morgan fingerprint density at radius 2 is 1.28 bits per heavy atom. The Morgan fingerprint density at radius 3 is 1.76 bits per heavy atom. The molecule has 0 unspecified atom stereocenters. The third-order valence-corrected chi connectivity index (χ3v) is 3.58. The smallest absolute Gasteiger partial charge is 0.306 e. The molecule has 1 rings (SSSR count). The maximum Gasteiger partial charge on any atom is 0.306 e. The molecule has 0 bridgehead atoms. The molecule has 0 aromatic heterocycles. The van der Waals surface area contributed by atoms with Gasteiger partial charge in [-0.3, -0.25) is 14.4 Å². The standard InChI is InChI=1S/C17H28O8/c1-4-7-12(18)23-11-10-22-17(21)16(25-14(20)9-6-3)15(11)24-13(19)8-5-2/h11,15-17,21H,4-10H2,1-3H3/t11-,15-,16+,17+/m0/s1. The van der Waals surface area contributed by atoms with Crippen molar-refractivity contribution >= 4 is 17.9 Å². The van der Waals surface area contributed by atoms with Crippen LogP contribution in [0.5, 0.6) is 0 Å². The van der Waals surface area contributed by atoms with Gasteiger partial charge in [-0.2, -0.15) is 0 Å². The van der Waals surface area contributed by atoms with Crippen molar-refractivity contribution in [3.8, 4) is 0 Å². The summed E-state index contributed by atoms with van der Waals surface area (Å²) in [6, 6.07) is 0. The van der Waals surface area contributed by atoms with E-state index in [-0.39, 0.29) is 25.9 Å². The maximum atomic E-state index is 11.9. The van der Waals surface area contributed by atoms with E-state index in [1.807, 2.05) is 20.8 Å². The summed E-state index contributed by atoms with van der Waals surface area (Å²) in [6.07, 6.45) is -2.48. The zero-order valence-electron chi connectivity index (χ0n) is 15.1. The lowest BCUT2D eigenvalue weighted by molar-refractivity contribution is -0.268. The Kier molecular flexibility index (Phi) is 9.44. The third kappa shape index (κ3) is 6.99. The van der Waals surface area contributed by atoms with Gasteiger partial charge in [-0.15, -0.1) is 0 Å². The van der Waals surface area contributed by atoms with Crippen molar-refractivity contribution in [3.63, 3.8) is 0 Å². The number of aliphatic hydroxyl groups is 1. The average Bonchev–Trinajstić information content (AvgIpc) is 2.54. The van der Waals surface area contributed by atoms with E-state index in [9.17, 15) is 19.5 Å². The third-order valence-electron chi connectivity index (χ3n) is 3.58. The van der Waals surface area contributed by atoms with Gasteiger partial charge < -0.3 is 24.1 Å². The van der Waals surface area contributed by atoms with E-state index in [0.717, 1.165) is 0 Å². The van der Waals surface area contributed by atoms with Crippen LogP contribution in [-0.2, 0) is 33.3 Å². The Hall–Kier alpha value is -1.67. The summed E-state index contributed by atoms with van der Waals surface area (Å²) >= 11 is 0. The van der Waals surface area contributed by atoms with Gasteiger partial charge in [0.2, 0.25) is 0 Å². The molecule has 0 amide bonds. The van der Waals surface area contributed by atoms with Crippen molar-refractivity contribution in [2.45, 2.75) is 83.9 Å². The van der Waals surface area contributed by atoms with E-state index in [4.69, 9.17) is 18.9 Å². The van der Waals surface area contributed by atoms with Crippen LogP contribution < -0.4 is 0 Å². The van der Waals surface area contributed by atoms with Crippen molar-refractivity contribution in [2.75, 3.05) is 6.61 Å². The van der Waals surface area contributed by atoms with Crippen LogP contribution in [0.3, 0.4) is 0 Å². The number of carbonyl (C=O) groups is 3. The van der Waals surface area contributed by atoms with Crippen LogP contribution in [0.4, 0.5) is 0 Å². The van der Waals surface area contributed by atoms with Gasteiger partial charge in [0, 0.05) is 19.3 Å².